The molecule has 0 saturated carbocycles. The Hall–Kier alpha value is -1.53. The van der Waals surface area contributed by atoms with E-state index in [4.69, 9.17) is 17.0 Å². The third-order valence-electron chi connectivity index (χ3n) is 3.48. The van der Waals surface area contributed by atoms with Crippen molar-refractivity contribution in [1.29, 1.82) is 0 Å². The van der Waals surface area contributed by atoms with Crippen molar-refractivity contribution in [1.82, 2.24) is 9.97 Å². The van der Waals surface area contributed by atoms with Crippen molar-refractivity contribution < 1.29 is 9.53 Å². The van der Waals surface area contributed by atoms with Gasteiger partial charge in [-0.2, -0.15) is 0 Å². The number of aromatic nitrogens is 2. The van der Waals surface area contributed by atoms with Gasteiger partial charge in [0.25, 0.3) is 0 Å². The second-order valence-electron chi connectivity index (χ2n) is 4.79. The number of aromatic amines is 1. The Kier molecular flexibility index (Phi) is 3.43. The first kappa shape index (κ1) is 13.5. The van der Waals surface area contributed by atoms with Crippen LogP contribution in [0, 0.1) is 11.6 Å². The molecule has 0 unspecified atom stereocenters. The van der Waals surface area contributed by atoms with Crippen LogP contribution in [0.5, 0.6) is 0 Å². The lowest BCUT2D eigenvalue weighted by molar-refractivity contribution is 0.0598. The number of rotatable bonds is 2. The molecule has 0 bridgehead atoms. The minimum absolute atomic E-state index is 0.289. The maximum atomic E-state index is 11.7. The molecule has 1 N–H and O–H groups in total. The Labute approximate surface area is 125 Å². The lowest BCUT2D eigenvalue weighted by Crippen LogP contribution is -2.08. The average molecular weight is 306 g/mol. The number of aryl methyl sites for hydroxylation is 3. The Bertz CT molecular complexity index is 725. The highest BCUT2D eigenvalue weighted by Gasteiger charge is 2.19. The van der Waals surface area contributed by atoms with Gasteiger partial charge >= 0.3 is 5.97 Å². The predicted molar refractivity (Wildman–Crippen MR) is 80.8 cm³/mol. The summed E-state index contributed by atoms with van der Waals surface area (Å²) in [6, 6.07) is 2.18. The second kappa shape index (κ2) is 5.10. The molecule has 0 aromatic carbocycles. The molecule has 0 saturated heterocycles. The number of nitrogens with one attached hydrogen (secondary N) is 1. The normalized spacial score (nSPS) is 13.3. The first-order chi connectivity index (χ1) is 9.60. The summed E-state index contributed by atoms with van der Waals surface area (Å²) in [5, 5.41) is 0. The van der Waals surface area contributed by atoms with Crippen molar-refractivity contribution >= 4 is 29.5 Å². The molecule has 20 heavy (non-hydrogen) atoms. The minimum atomic E-state index is -0.448. The molecule has 4 nitrogen and oxygen atoms in total. The van der Waals surface area contributed by atoms with E-state index >= 15 is 0 Å². The fourth-order valence-electron chi connectivity index (χ4n) is 2.49. The maximum Gasteiger partial charge on any atom is 0.342 e. The topological polar surface area (TPSA) is 55.0 Å². The van der Waals surface area contributed by atoms with E-state index in [-0.39, 0.29) is 4.64 Å². The highest BCUT2D eigenvalue weighted by Crippen LogP contribution is 2.35. The number of fused-ring (bicyclic) bond motifs is 1. The number of H-pyrrole nitrogens is 1. The lowest BCUT2D eigenvalue weighted by atomic mass is 10.2. The van der Waals surface area contributed by atoms with Crippen molar-refractivity contribution in [3.63, 3.8) is 0 Å². The molecule has 2 aromatic rings. The molecule has 3 rings (SSSR count). The molecule has 104 valence electrons. The van der Waals surface area contributed by atoms with Gasteiger partial charge in [-0.25, -0.2) is 9.78 Å². The number of thiophene rings is 1. The molecule has 0 aliphatic heterocycles. The SMILES string of the molecule is COC(=O)c1c(C)[nH]c(-c2cc3c(s2)CCC3)nc1=S. The van der Waals surface area contributed by atoms with Crippen LogP contribution >= 0.6 is 23.6 Å². The van der Waals surface area contributed by atoms with Crippen LogP contribution in [0.4, 0.5) is 0 Å². The second-order valence-corrected chi connectivity index (χ2v) is 6.32. The van der Waals surface area contributed by atoms with Crippen molar-refractivity contribution in [2.24, 2.45) is 0 Å². The number of carbonyl (C=O) groups is 1. The summed E-state index contributed by atoms with van der Waals surface area (Å²) in [6.45, 7) is 1.81. The molecule has 0 atom stereocenters. The van der Waals surface area contributed by atoms with E-state index in [1.165, 1.54) is 24.0 Å². The quantitative estimate of drug-likeness (QED) is 0.682. The van der Waals surface area contributed by atoms with Gasteiger partial charge in [0.1, 0.15) is 16.0 Å². The van der Waals surface area contributed by atoms with Gasteiger partial charge in [0.15, 0.2) is 0 Å². The van der Waals surface area contributed by atoms with Crippen LogP contribution in [0.15, 0.2) is 6.07 Å². The fraction of sp³-hybridized carbons (Fsp3) is 0.357. The van der Waals surface area contributed by atoms with E-state index in [1.54, 1.807) is 11.3 Å². The van der Waals surface area contributed by atoms with Gasteiger partial charge in [0, 0.05) is 10.6 Å². The van der Waals surface area contributed by atoms with E-state index in [0.717, 1.165) is 23.5 Å². The third kappa shape index (κ3) is 2.19. The van der Waals surface area contributed by atoms with Gasteiger partial charge in [0.2, 0.25) is 0 Å². The van der Waals surface area contributed by atoms with E-state index in [9.17, 15) is 4.79 Å². The van der Waals surface area contributed by atoms with Crippen molar-refractivity contribution in [3.8, 4) is 10.7 Å². The molecule has 1 aliphatic rings. The van der Waals surface area contributed by atoms with Gasteiger partial charge in [-0.3, -0.25) is 0 Å². The van der Waals surface area contributed by atoms with Gasteiger partial charge in [-0.1, -0.05) is 12.2 Å². The van der Waals surface area contributed by atoms with Crippen LogP contribution < -0.4 is 0 Å². The number of hydrogen-bond donors (Lipinski definition) is 1. The minimum Gasteiger partial charge on any atom is -0.465 e. The molecule has 2 aromatic heterocycles. The largest absolute Gasteiger partial charge is 0.465 e. The van der Waals surface area contributed by atoms with Crippen molar-refractivity contribution in [3.05, 3.63) is 32.4 Å². The first-order valence-corrected chi connectivity index (χ1v) is 7.64. The number of methoxy groups -OCH3 is 1. The zero-order valence-electron chi connectivity index (χ0n) is 11.3. The zero-order chi connectivity index (χ0) is 14.3. The highest BCUT2D eigenvalue weighted by molar-refractivity contribution is 7.71. The third-order valence-corrected chi connectivity index (χ3v) is 5.02. The van der Waals surface area contributed by atoms with Crippen LogP contribution in [-0.4, -0.2) is 23.0 Å². The molecule has 6 heteroatoms. The molecule has 2 heterocycles. The summed E-state index contributed by atoms with van der Waals surface area (Å²) >= 11 is 6.98. The summed E-state index contributed by atoms with van der Waals surface area (Å²) in [5.74, 6) is 0.288. The Morgan fingerprint density at radius 1 is 1.50 bits per heavy atom. The van der Waals surface area contributed by atoms with Crippen molar-refractivity contribution in [2.45, 2.75) is 26.2 Å². The standard InChI is InChI=1S/C14H14N2O2S2/c1-7-11(14(17)18-2)13(19)16-12(15-7)10-6-8-4-3-5-9(8)20-10/h6H,3-5H2,1-2H3,(H,15,16,19). The van der Waals surface area contributed by atoms with Crippen molar-refractivity contribution in [2.75, 3.05) is 7.11 Å². The van der Waals surface area contributed by atoms with E-state index in [2.05, 4.69) is 16.0 Å². The molecular formula is C14H14N2O2S2. The maximum absolute atomic E-state index is 11.7. The molecule has 1 aliphatic carbocycles. The molecule has 0 radical (unpaired) electrons. The summed E-state index contributed by atoms with van der Waals surface area (Å²) in [6.07, 6.45) is 3.54. The first-order valence-electron chi connectivity index (χ1n) is 6.41. The Balaban J connectivity index is 2.07. The molecule has 0 spiro atoms. The Morgan fingerprint density at radius 3 is 2.95 bits per heavy atom. The van der Waals surface area contributed by atoms with Crippen LogP contribution in [0.3, 0.4) is 0 Å². The lowest BCUT2D eigenvalue weighted by Gasteiger charge is -2.06. The summed E-state index contributed by atoms with van der Waals surface area (Å²) in [4.78, 5) is 21.7. The van der Waals surface area contributed by atoms with Crippen LogP contribution in [0.25, 0.3) is 10.7 Å². The van der Waals surface area contributed by atoms with E-state index in [1.807, 2.05) is 6.92 Å². The smallest absolute Gasteiger partial charge is 0.342 e. The number of hydrogen-bond acceptors (Lipinski definition) is 5. The highest BCUT2D eigenvalue weighted by atomic mass is 32.1. The average Bonchev–Trinajstić information content (AvgIpc) is 2.98. The number of nitrogens with zero attached hydrogens (tertiary/aromatic N) is 1. The Morgan fingerprint density at radius 2 is 2.30 bits per heavy atom. The van der Waals surface area contributed by atoms with E-state index < -0.39 is 5.97 Å². The van der Waals surface area contributed by atoms with Crippen LogP contribution in [-0.2, 0) is 17.6 Å². The number of ether oxygens (including phenoxy) is 1. The number of carbonyl (C=O) groups excluding carboxylic acids is 1. The molecule has 0 amide bonds. The fourth-order valence-corrected chi connectivity index (χ4v) is 4.02. The number of esters is 1. The summed E-state index contributed by atoms with van der Waals surface area (Å²) in [5.41, 5.74) is 2.46. The van der Waals surface area contributed by atoms with Gasteiger partial charge in [0.05, 0.1) is 12.0 Å². The van der Waals surface area contributed by atoms with Crippen LogP contribution in [0.1, 0.15) is 32.9 Å². The van der Waals surface area contributed by atoms with E-state index in [0.29, 0.717) is 11.3 Å². The molecular weight excluding hydrogens is 292 g/mol. The zero-order valence-corrected chi connectivity index (χ0v) is 12.9. The van der Waals surface area contributed by atoms with Crippen LogP contribution in [0.2, 0.25) is 0 Å². The monoisotopic (exact) mass is 306 g/mol. The summed E-state index contributed by atoms with van der Waals surface area (Å²) in [7, 11) is 1.34. The predicted octanol–water partition coefficient (Wildman–Crippen LogP) is 3.45. The van der Waals surface area contributed by atoms with Gasteiger partial charge < -0.3 is 9.72 Å². The summed E-state index contributed by atoms with van der Waals surface area (Å²) < 4.78 is 5.02. The van der Waals surface area contributed by atoms with Gasteiger partial charge in [-0.15, -0.1) is 11.3 Å². The molecule has 0 fully saturated rings. The van der Waals surface area contributed by atoms with Gasteiger partial charge in [-0.05, 0) is 37.8 Å².